The number of carbonyl (C=O) groups excluding carboxylic acids is 1. The Morgan fingerprint density at radius 1 is 1.22 bits per heavy atom. The van der Waals surface area contributed by atoms with Crippen molar-refractivity contribution in [2.24, 2.45) is 0 Å². The molecule has 2 aliphatic rings. The predicted molar refractivity (Wildman–Crippen MR) is 74.4 cm³/mol. The third kappa shape index (κ3) is 2.05. The number of benzene rings is 1. The molecule has 0 saturated heterocycles. The number of fused-ring (bicyclic) bond motifs is 1. The highest BCUT2D eigenvalue weighted by atomic mass is 16.1. The first-order chi connectivity index (χ1) is 8.75. The summed E-state index contributed by atoms with van der Waals surface area (Å²) in [6.07, 6.45) is 7.94. The van der Waals surface area contributed by atoms with Gasteiger partial charge in [-0.1, -0.05) is 19.3 Å². The second-order valence-corrected chi connectivity index (χ2v) is 5.63. The molecular formula is C16H21NO. The Bertz CT molecular complexity index is 460. The number of nitrogens with zero attached hydrogens (tertiary/aromatic N) is 1. The second kappa shape index (κ2) is 4.75. The molecule has 0 atom stereocenters. The van der Waals surface area contributed by atoms with E-state index in [0.717, 1.165) is 24.6 Å². The van der Waals surface area contributed by atoms with E-state index in [1.54, 1.807) is 6.92 Å². The summed E-state index contributed by atoms with van der Waals surface area (Å²) < 4.78 is 0. The van der Waals surface area contributed by atoms with Crippen molar-refractivity contribution in [3.63, 3.8) is 0 Å². The number of carbonyl (C=O) groups is 1. The van der Waals surface area contributed by atoms with Gasteiger partial charge in [-0.2, -0.15) is 0 Å². The monoisotopic (exact) mass is 243 g/mol. The van der Waals surface area contributed by atoms with Crippen molar-refractivity contribution in [3.05, 3.63) is 29.3 Å². The number of hydrogen-bond donors (Lipinski definition) is 0. The van der Waals surface area contributed by atoms with Gasteiger partial charge in [0.2, 0.25) is 0 Å². The molecule has 1 saturated carbocycles. The normalized spacial score (nSPS) is 19.9. The highest BCUT2D eigenvalue weighted by Gasteiger charge is 2.27. The van der Waals surface area contributed by atoms with Crippen LogP contribution in [0.4, 0.5) is 5.69 Å². The number of ketones is 1. The molecule has 1 fully saturated rings. The number of Topliss-reactive ketones (excluding diaryl/α,β-unsaturated/α-hetero) is 1. The van der Waals surface area contributed by atoms with Crippen molar-refractivity contribution < 1.29 is 4.79 Å². The number of hydrogen-bond acceptors (Lipinski definition) is 2. The van der Waals surface area contributed by atoms with Gasteiger partial charge in [0.05, 0.1) is 0 Å². The van der Waals surface area contributed by atoms with Crippen molar-refractivity contribution in [2.45, 2.75) is 51.5 Å². The van der Waals surface area contributed by atoms with Gasteiger partial charge in [0.15, 0.2) is 5.78 Å². The fourth-order valence-electron chi connectivity index (χ4n) is 3.42. The third-order valence-electron chi connectivity index (χ3n) is 4.43. The standard InChI is InChI=1S/C16H21NO/c1-12(18)13-7-8-16-14(11-13)9-10-17(16)15-5-3-2-4-6-15/h7-8,11,15H,2-6,9-10H2,1H3. The van der Waals surface area contributed by atoms with Crippen molar-refractivity contribution >= 4 is 11.5 Å². The fraction of sp³-hybridized carbons (Fsp3) is 0.562. The van der Waals surface area contributed by atoms with E-state index in [1.807, 2.05) is 6.07 Å². The van der Waals surface area contributed by atoms with Crippen LogP contribution in [0.25, 0.3) is 0 Å². The van der Waals surface area contributed by atoms with Crippen LogP contribution in [0.15, 0.2) is 18.2 Å². The fourth-order valence-corrected chi connectivity index (χ4v) is 3.42. The zero-order valence-corrected chi connectivity index (χ0v) is 11.1. The molecule has 1 aliphatic carbocycles. The van der Waals surface area contributed by atoms with Gasteiger partial charge >= 0.3 is 0 Å². The average molecular weight is 243 g/mol. The summed E-state index contributed by atoms with van der Waals surface area (Å²) in [4.78, 5) is 14.0. The van der Waals surface area contributed by atoms with Crippen LogP contribution in [0.2, 0.25) is 0 Å². The van der Waals surface area contributed by atoms with E-state index in [-0.39, 0.29) is 5.78 Å². The van der Waals surface area contributed by atoms with Gasteiger partial charge in [-0.05, 0) is 49.9 Å². The van der Waals surface area contributed by atoms with E-state index >= 15 is 0 Å². The Morgan fingerprint density at radius 3 is 2.72 bits per heavy atom. The van der Waals surface area contributed by atoms with E-state index in [2.05, 4.69) is 17.0 Å². The van der Waals surface area contributed by atoms with Crippen molar-refractivity contribution in [2.75, 3.05) is 11.4 Å². The number of rotatable bonds is 2. The lowest BCUT2D eigenvalue weighted by Crippen LogP contribution is -2.35. The summed E-state index contributed by atoms with van der Waals surface area (Å²) in [5.41, 5.74) is 3.61. The molecule has 3 rings (SSSR count). The molecule has 0 amide bonds. The Morgan fingerprint density at radius 2 is 2.00 bits per heavy atom. The minimum Gasteiger partial charge on any atom is -0.368 e. The highest BCUT2D eigenvalue weighted by molar-refractivity contribution is 5.94. The molecule has 0 bridgehead atoms. The number of anilines is 1. The summed E-state index contributed by atoms with van der Waals surface area (Å²) in [6, 6.07) is 6.99. The van der Waals surface area contributed by atoms with Crippen LogP contribution in [-0.2, 0) is 6.42 Å². The van der Waals surface area contributed by atoms with Gasteiger partial charge < -0.3 is 4.90 Å². The maximum absolute atomic E-state index is 11.4. The third-order valence-corrected chi connectivity index (χ3v) is 4.43. The summed E-state index contributed by atoms with van der Waals surface area (Å²) >= 11 is 0. The molecule has 1 aliphatic heterocycles. The highest BCUT2D eigenvalue weighted by Crippen LogP contribution is 2.34. The van der Waals surface area contributed by atoms with Gasteiger partial charge in [0.25, 0.3) is 0 Å². The minimum atomic E-state index is 0.175. The summed E-state index contributed by atoms with van der Waals surface area (Å²) in [5.74, 6) is 0.175. The lowest BCUT2D eigenvalue weighted by molar-refractivity contribution is 0.101. The quantitative estimate of drug-likeness (QED) is 0.740. The molecule has 0 N–H and O–H groups in total. The van der Waals surface area contributed by atoms with Crippen molar-refractivity contribution in [1.82, 2.24) is 0 Å². The molecule has 96 valence electrons. The van der Waals surface area contributed by atoms with Gasteiger partial charge in [-0.25, -0.2) is 0 Å². The SMILES string of the molecule is CC(=O)c1ccc2c(c1)CCN2C1CCCCC1. The molecular weight excluding hydrogens is 222 g/mol. The molecule has 1 aromatic rings. The van der Waals surface area contributed by atoms with Crippen LogP contribution in [0, 0.1) is 0 Å². The first kappa shape index (κ1) is 11.8. The van der Waals surface area contributed by atoms with E-state index < -0.39 is 0 Å². The van der Waals surface area contributed by atoms with Gasteiger partial charge in [-0.15, -0.1) is 0 Å². The Balaban J connectivity index is 1.85. The topological polar surface area (TPSA) is 20.3 Å². The van der Waals surface area contributed by atoms with Gasteiger partial charge in [0.1, 0.15) is 0 Å². The predicted octanol–water partition coefficient (Wildman–Crippen LogP) is 3.58. The summed E-state index contributed by atoms with van der Waals surface area (Å²) in [5, 5.41) is 0. The molecule has 1 aromatic carbocycles. The Kier molecular flexibility index (Phi) is 3.11. The molecule has 0 radical (unpaired) electrons. The van der Waals surface area contributed by atoms with Crippen LogP contribution in [0.3, 0.4) is 0 Å². The largest absolute Gasteiger partial charge is 0.368 e. The van der Waals surface area contributed by atoms with Crippen molar-refractivity contribution in [3.8, 4) is 0 Å². The Labute approximate surface area is 109 Å². The summed E-state index contributed by atoms with van der Waals surface area (Å²) in [7, 11) is 0. The Hall–Kier alpha value is -1.31. The van der Waals surface area contributed by atoms with Gasteiger partial charge in [0, 0.05) is 23.8 Å². The molecule has 0 spiro atoms. The smallest absolute Gasteiger partial charge is 0.159 e. The summed E-state index contributed by atoms with van der Waals surface area (Å²) in [6.45, 7) is 2.79. The second-order valence-electron chi connectivity index (χ2n) is 5.63. The van der Waals surface area contributed by atoms with Crippen LogP contribution in [-0.4, -0.2) is 18.4 Å². The first-order valence-corrected chi connectivity index (χ1v) is 7.16. The molecule has 0 unspecified atom stereocenters. The lowest BCUT2D eigenvalue weighted by Gasteiger charge is -2.33. The zero-order chi connectivity index (χ0) is 12.5. The van der Waals surface area contributed by atoms with Crippen LogP contribution in [0.5, 0.6) is 0 Å². The maximum atomic E-state index is 11.4. The molecule has 2 heteroatoms. The van der Waals surface area contributed by atoms with Crippen LogP contribution in [0.1, 0.15) is 54.9 Å². The van der Waals surface area contributed by atoms with E-state index in [1.165, 1.54) is 43.4 Å². The molecule has 18 heavy (non-hydrogen) atoms. The minimum absolute atomic E-state index is 0.175. The van der Waals surface area contributed by atoms with Crippen LogP contribution < -0.4 is 4.90 Å². The molecule has 1 heterocycles. The molecule has 0 aromatic heterocycles. The van der Waals surface area contributed by atoms with E-state index in [9.17, 15) is 4.79 Å². The van der Waals surface area contributed by atoms with E-state index in [0.29, 0.717) is 0 Å². The average Bonchev–Trinajstić information content (AvgIpc) is 2.82. The lowest BCUT2D eigenvalue weighted by atomic mass is 9.94. The van der Waals surface area contributed by atoms with Gasteiger partial charge in [-0.3, -0.25) is 4.79 Å². The van der Waals surface area contributed by atoms with Crippen LogP contribution >= 0.6 is 0 Å². The van der Waals surface area contributed by atoms with Crippen molar-refractivity contribution in [1.29, 1.82) is 0 Å². The maximum Gasteiger partial charge on any atom is 0.159 e. The molecule has 2 nitrogen and oxygen atoms in total. The zero-order valence-electron chi connectivity index (χ0n) is 11.1. The van der Waals surface area contributed by atoms with E-state index in [4.69, 9.17) is 0 Å². The first-order valence-electron chi connectivity index (χ1n) is 7.16.